The first-order chi connectivity index (χ1) is 15.5. The predicted octanol–water partition coefficient (Wildman–Crippen LogP) is 9.20. The topological polar surface area (TPSA) is 0 Å². The van der Waals surface area contributed by atoms with E-state index in [-0.39, 0.29) is 0 Å². The molecule has 6 aromatic rings. The molecule has 0 aliphatic rings. The Balaban J connectivity index is 1.94. The molecule has 6 aromatic carbocycles. The first-order valence-electron chi connectivity index (χ1n) is 11.4. The minimum absolute atomic E-state index is 1.29. The molecule has 0 N–H and O–H groups in total. The lowest BCUT2D eigenvalue weighted by Gasteiger charge is -2.19. The smallest absolute Gasteiger partial charge is 0.00142 e. The molecule has 0 nitrogen and oxygen atoms in total. The standard InChI is InChI=1S/C32H26/c1-19-13-25-17-23-9-5-7-11-27(23)31(29(25)15-21(19)3)32-28-12-8-6-10-24(28)18-26-14-20(2)22(4)16-30(26)32/h5-18H,1-4H3. The van der Waals surface area contributed by atoms with Gasteiger partial charge in [0.1, 0.15) is 0 Å². The first-order valence-corrected chi connectivity index (χ1v) is 11.4. The van der Waals surface area contributed by atoms with Gasteiger partial charge in [0.2, 0.25) is 0 Å². The summed E-state index contributed by atoms with van der Waals surface area (Å²) < 4.78 is 0. The normalized spacial score (nSPS) is 11.8. The molecular weight excluding hydrogens is 384 g/mol. The van der Waals surface area contributed by atoms with E-state index >= 15 is 0 Å². The van der Waals surface area contributed by atoms with Crippen molar-refractivity contribution in [2.45, 2.75) is 27.7 Å². The molecule has 0 heteroatoms. The second-order valence-electron chi connectivity index (χ2n) is 9.26. The van der Waals surface area contributed by atoms with Crippen LogP contribution in [-0.2, 0) is 0 Å². The van der Waals surface area contributed by atoms with Crippen LogP contribution in [0.2, 0.25) is 0 Å². The van der Waals surface area contributed by atoms with E-state index < -0.39 is 0 Å². The molecule has 0 saturated carbocycles. The Hall–Kier alpha value is -3.64. The minimum Gasteiger partial charge on any atom is -0.0616 e. The number of hydrogen-bond acceptors (Lipinski definition) is 0. The lowest BCUT2D eigenvalue weighted by molar-refractivity contribution is 1.36. The molecule has 32 heavy (non-hydrogen) atoms. The molecule has 0 aromatic heterocycles. The third kappa shape index (κ3) is 2.76. The zero-order valence-electron chi connectivity index (χ0n) is 19.1. The largest absolute Gasteiger partial charge is 0.0616 e. The Kier molecular flexibility index (Phi) is 4.13. The minimum atomic E-state index is 1.29. The van der Waals surface area contributed by atoms with Crippen LogP contribution in [0.15, 0.2) is 84.9 Å². The molecule has 0 heterocycles. The third-order valence-corrected chi connectivity index (χ3v) is 7.20. The summed E-state index contributed by atoms with van der Waals surface area (Å²) >= 11 is 0. The second kappa shape index (κ2) is 6.93. The van der Waals surface area contributed by atoms with E-state index in [1.54, 1.807) is 0 Å². The van der Waals surface area contributed by atoms with Crippen LogP contribution >= 0.6 is 0 Å². The molecule has 0 aliphatic heterocycles. The summed E-state index contributed by atoms with van der Waals surface area (Å²) in [6, 6.07) is 31.9. The van der Waals surface area contributed by atoms with Gasteiger partial charge in [0.15, 0.2) is 0 Å². The van der Waals surface area contributed by atoms with E-state index in [9.17, 15) is 0 Å². The monoisotopic (exact) mass is 410 g/mol. The van der Waals surface area contributed by atoms with Gasteiger partial charge >= 0.3 is 0 Å². The van der Waals surface area contributed by atoms with Crippen LogP contribution in [0.25, 0.3) is 54.2 Å². The van der Waals surface area contributed by atoms with Gasteiger partial charge in [-0.3, -0.25) is 0 Å². The highest BCUT2D eigenvalue weighted by atomic mass is 14.2. The fourth-order valence-electron chi connectivity index (χ4n) is 5.21. The zero-order valence-corrected chi connectivity index (χ0v) is 19.1. The number of aryl methyl sites for hydroxylation is 4. The predicted molar refractivity (Wildman–Crippen MR) is 141 cm³/mol. The maximum atomic E-state index is 2.39. The van der Waals surface area contributed by atoms with Crippen LogP contribution in [-0.4, -0.2) is 0 Å². The Morgan fingerprint density at radius 3 is 1.16 bits per heavy atom. The van der Waals surface area contributed by atoms with Crippen LogP contribution in [0, 0.1) is 27.7 Å². The number of benzene rings is 6. The fourth-order valence-corrected chi connectivity index (χ4v) is 5.21. The molecule has 0 radical (unpaired) electrons. The molecule has 0 bridgehead atoms. The second-order valence-corrected chi connectivity index (χ2v) is 9.26. The Morgan fingerprint density at radius 2 is 0.719 bits per heavy atom. The maximum absolute atomic E-state index is 2.39. The van der Waals surface area contributed by atoms with E-state index in [1.807, 2.05) is 0 Å². The van der Waals surface area contributed by atoms with Crippen LogP contribution in [0.5, 0.6) is 0 Å². The van der Waals surface area contributed by atoms with Gasteiger partial charge in [-0.25, -0.2) is 0 Å². The quantitative estimate of drug-likeness (QED) is 0.237. The van der Waals surface area contributed by atoms with Gasteiger partial charge in [0, 0.05) is 0 Å². The molecule has 0 fully saturated rings. The lowest BCUT2D eigenvalue weighted by atomic mass is 9.84. The average molecular weight is 411 g/mol. The Bertz CT molecular complexity index is 1570. The summed E-state index contributed by atoms with van der Waals surface area (Å²) in [5.74, 6) is 0. The average Bonchev–Trinajstić information content (AvgIpc) is 2.78. The SMILES string of the molecule is Cc1cc2cc3ccccc3c(-c3c4ccccc4cc4cc(C)c(C)cc34)c2cc1C. The number of rotatable bonds is 1. The molecule has 0 atom stereocenters. The highest BCUT2D eigenvalue weighted by molar-refractivity contribution is 6.23. The van der Waals surface area contributed by atoms with E-state index in [4.69, 9.17) is 0 Å². The van der Waals surface area contributed by atoms with Crippen molar-refractivity contribution in [1.29, 1.82) is 0 Å². The van der Waals surface area contributed by atoms with E-state index in [2.05, 4.69) is 113 Å². The lowest BCUT2D eigenvalue weighted by Crippen LogP contribution is -1.92. The summed E-state index contributed by atoms with van der Waals surface area (Å²) in [4.78, 5) is 0. The van der Waals surface area contributed by atoms with Crippen molar-refractivity contribution < 1.29 is 0 Å². The van der Waals surface area contributed by atoms with E-state index in [0.717, 1.165) is 0 Å². The van der Waals surface area contributed by atoms with Crippen LogP contribution < -0.4 is 0 Å². The fraction of sp³-hybridized carbons (Fsp3) is 0.125. The summed E-state index contributed by atoms with van der Waals surface area (Å²) in [6.07, 6.45) is 0. The third-order valence-electron chi connectivity index (χ3n) is 7.20. The van der Waals surface area contributed by atoms with Gasteiger partial charge in [-0.05, 0) is 116 Å². The number of hydrogen-bond donors (Lipinski definition) is 0. The summed E-state index contributed by atoms with van der Waals surface area (Å²) in [7, 11) is 0. The van der Waals surface area contributed by atoms with Crippen molar-refractivity contribution in [3.8, 4) is 11.1 Å². The van der Waals surface area contributed by atoms with Crippen molar-refractivity contribution in [3.05, 3.63) is 107 Å². The molecule has 154 valence electrons. The molecule has 0 unspecified atom stereocenters. The molecule has 6 rings (SSSR count). The molecular formula is C32H26. The van der Waals surface area contributed by atoms with Gasteiger partial charge in [-0.2, -0.15) is 0 Å². The van der Waals surface area contributed by atoms with Crippen molar-refractivity contribution in [2.75, 3.05) is 0 Å². The van der Waals surface area contributed by atoms with E-state index in [1.165, 1.54) is 76.5 Å². The summed E-state index contributed by atoms with van der Waals surface area (Å²) in [6.45, 7) is 8.87. The van der Waals surface area contributed by atoms with Crippen LogP contribution in [0.1, 0.15) is 22.3 Å². The van der Waals surface area contributed by atoms with Crippen LogP contribution in [0.3, 0.4) is 0 Å². The Labute approximate surface area is 189 Å². The number of fused-ring (bicyclic) bond motifs is 4. The van der Waals surface area contributed by atoms with Gasteiger partial charge in [0.25, 0.3) is 0 Å². The molecule has 0 spiro atoms. The maximum Gasteiger partial charge on any atom is -0.00142 e. The van der Waals surface area contributed by atoms with E-state index in [0.29, 0.717) is 0 Å². The van der Waals surface area contributed by atoms with Gasteiger partial charge in [-0.1, -0.05) is 72.8 Å². The summed E-state index contributed by atoms with van der Waals surface area (Å²) in [5, 5.41) is 10.5. The van der Waals surface area contributed by atoms with Crippen molar-refractivity contribution in [2.24, 2.45) is 0 Å². The summed E-state index contributed by atoms with van der Waals surface area (Å²) in [5.41, 5.74) is 8.06. The highest BCUT2D eigenvalue weighted by Gasteiger charge is 2.17. The highest BCUT2D eigenvalue weighted by Crippen LogP contribution is 2.44. The zero-order chi connectivity index (χ0) is 22.0. The first kappa shape index (κ1) is 19.1. The van der Waals surface area contributed by atoms with Crippen molar-refractivity contribution >= 4 is 43.1 Å². The van der Waals surface area contributed by atoms with Gasteiger partial charge in [-0.15, -0.1) is 0 Å². The Morgan fingerprint density at radius 1 is 0.344 bits per heavy atom. The molecule has 0 amide bonds. The molecule has 0 aliphatic carbocycles. The van der Waals surface area contributed by atoms with Crippen molar-refractivity contribution in [3.63, 3.8) is 0 Å². The molecule has 0 saturated heterocycles. The van der Waals surface area contributed by atoms with Crippen molar-refractivity contribution in [1.82, 2.24) is 0 Å². The van der Waals surface area contributed by atoms with Crippen LogP contribution in [0.4, 0.5) is 0 Å². The van der Waals surface area contributed by atoms with Gasteiger partial charge < -0.3 is 0 Å². The van der Waals surface area contributed by atoms with Gasteiger partial charge in [0.05, 0.1) is 0 Å².